The summed E-state index contributed by atoms with van der Waals surface area (Å²) in [6.07, 6.45) is 1.37. The molecule has 0 atom stereocenters. The van der Waals surface area contributed by atoms with Crippen molar-refractivity contribution in [2.24, 2.45) is 0 Å². The molecule has 1 aromatic carbocycles. The number of aryl methyl sites for hydroxylation is 1. The van der Waals surface area contributed by atoms with Crippen LogP contribution in [0.4, 0.5) is 10.1 Å². The first-order valence-electron chi connectivity index (χ1n) is 5.29. The molecule has 0 unspecified atom stereocenters. The highest BCUT2D eigenvalue weighted by molar-refractivity contribution is 7.92. The normalized spacial score (nSPS) is 11.3. The van der Waals surface area contributed by atoms with E-state index in [0.29, 0.717) is 0 Å². The lowest BCUT2D eigenvalue weighted by Crippen LogP contribution is -2.15. The summed E-state index contributed by atoms with van der Waals surface area (Å²) >= 11 is 5.72. The molecule has 1 aromatic heterocycles. The van der Waals surface area contributed by atoms with Crippen LogP contribution in [0.15, 0.2) is 41.4 Å². The Kier molecular flexibility index (Phi) is 3.73. The second-order valence-electron chi connectivity index (χ2n) is 3.88. The molecule has 7 heteroatoms. The van der Waals surface area contributed by atoms with E-state index in [4.69, 9.17) is 11.6 Å². The first-order chi connectivity index (χ1) is 8.90. The molecular formula is C12H10ClFN2O2S. The number of hydrogen-bond donors (Lipinski definition) is 1. The molecule has 1 heterocycles. The monoisotopic (exact) mass is 300 g/mol. The first kappa shape index (κ1) is 13.8. The van der Waals surface area contributed by atoms with E-state index >= 15 is 0 Å². The van der Waals surface area contributed by atoms with E-state index < -0.39 is 15.8 Å². The van der Waals surface area contributed by atoms with Crippen molar-refractivity contribution in [1.29, 1.82) is 0 Å². The maximum absolute atomic E-state index is 13.5. The summed E-state index contributed by atoms with van der Waals surface area (Å²) in [5.74, 6) is -0.658. The summed E-state index contributed by atoms with van der Waals surface area (Å²) in [6, 6.07) is 6.87. The number of sulfonamides is 1. The smallest absolute Gasteiger partial charge is 0.265 e. The molecule has 0 spiro atoms. The molecule has 1 N–H and O–H groups in total. The van der Waals surface area contributed by atoms with Crippen LogP contribution >= 0.6 is 11.6 Å². The van der Waals surface area contributed by atoms with Crippen LogP contribution < -0.4 is 4.72 Å². The number of benzene rings is 1. The molecule has 0 saturated carbocycles. The molecule has 0 fully saturated rings. The van der Waals surface area contributed by atoms with E-state index in [-0.39, 0.29) is 15.7 Å². The summed E-state index contributed by atoms with van der Waals surface area (Å²) in [7, 11) is -3.97. The summed E-state index contributed by atoms with van der Waals surface area (Å²) in [5, 5.41) is -0.164. The molecule has 0 aliphatic carbocycles. The number of anilines is 1. The molecule has 0 aliphatic rings. The summed E-state index contributed by atoms with van der Waals surface area (Å²) in [5.41, 5.74) is 0.608. The largest absolute Gasteiger partial charge is 0.277 e. The second kappa shape index (κ2) is 5.14. The van der Waals surface area contributed by atoms with Gasteiger partial charge in [-0.05, 0) is 36.8 Å². The van der Waals surface area contributed by atoms with Gasteiger partial charge in [0.25, 0.3) is 10.0 Å². The lowest BCUT2D eigenvalue weighted by atomic mass is 10.2. The number of nitrogens with one attached hydrogen (secondary N) is 1. The van der Waals surface area contributed by atoms with Crippen molar-refractivity contribution in [2.45, 2.75) is 11.8 Å². The predicted molar refractivity (Wildman–Crippen MR) is 71.2 cm³/mol. The molecule has 2 rings (SSSR count). The lowest BCUT2D eigenvalue weighted by Gasteiger charge is -2.10. The van der Waals surface area contributed by atoms with E-state index in [0.717, 1.165) is 5.56 Å². The fourth-order valence-electron chi connectivity index (χ4n) is 1.49. The van der Waals surface area contributed by atoms with Gasteiger partial charge in [0.15, 0.2) is 0 Å². The Balaban J connectivity index is 2.43. The Labute approximate surface area is 115 Å². The van der Waals surface area contributed by atoms with Crippen molar-refractivity contribution in [1.82, 2.24) is 4.98 Å². The summed E-state index contributed by atoms with van der Waals surface area (Å²) in [6.45, 7) is 1.73. The highest BCUT2D eigenvalue weighted by Crippen LogP contribution is 2.23. The molecule has 0 saturated heterocycles. The van der Waals surface area contributed by atoms with E-state index in [9.17, 15) is 12.8 Å². The Morgan fingerprint density at radius 1 is 1.32 bits per heavy atom. The fraction of sp³-hybridized carbons (Fsp3) is 0.0833. The predicted octanol–water partition coefficient (Wildman–Crippen LogP) is 2.98. The molecular weight excluding hydrogens is 291 g/mol. The van der Waals surface area contributed by atoms with E-state index in [1.165, 1.54) is 30.5 Å². The van der Waals surface area contributed by atoms with Gasteiger partial charge in [0.2, 0.25) is 0 Å². The zero-order valence-electron chi connectivity index (χ0n) is 9.89. The summed E-state index contributed by atoms with van der Waals surface area (Å²) in [4.78, 5) is 3.48. The Morgan fingerprint density at radius 3 is 2.74 bits per heavy atom. The standard InChI is InChI=1S/C12H10ClFN2O2S/c1-8-4-5-9(14)10(7-8)16-19(17,18)11-3-2-6-15-12(11)13/h2-7,16H,1H3. The van der Waals surface area contributed by atoms with Gasteiger partial charge in [-0.3, -0.25) is 4.72 Å². The van der Waals surface area contributed by atoms with Crippen molar-refractivity contribution < 1.29 is 12.8 Å². The maximum atomic E-state index is 13.5. The number of nitrogens with zero attached hydrogens (tertiary/aromatic N) is 1. The highest BCUT2D eigenvalue weighted by atomic mass is 35.5. The first-order valence-corrected chi connectivity index (χ1v) is 7.16. The molecule has 19 heavy (non-hydrogen) atoms. The average Bonchev–Trinajstić information content (AvgIpc) is 2.34. The highest BCUT2D eigenvalue weighted by Gasteiger charge is 2.19. The van der Waals surface area contributed by atoms with Crippen LogP contribution in [0.1, 0.15) is 5.56 Å². The third-order valence-electron chi connectivity index (χ3n) is 2.38. The Hall–Kier alpha value is -1.66. The van der Waals surface area contributed by atoms with Crippen molar-refractivity contribution in [3.05, 3.63) is 53.1 Å². The van der Waals surface area contributed by atoms with Crippen LogP contribution in [-0.4, -0.2) is 13.4 Å². The molecule has 0 amide bonds. The third-order valence-corrected chi connectivity index (χ3v) is 4.19. The van der Waals surface area contributed by atoms with Gasteiger partial charge in [-0.15, -0.1) is 0 Å². The Morgan fingerprint density at radius 2 is 2.05 bits per heavy atom. The number of hydrogen-bond acceptors (Lipinski definition) is 3. The zero-order valence-corrected chi connectivity index (χ0v) is 11.5. The van der Waals surface area contributed by atoms with Gasteiger partial charge in [-0.1, -0.05) is 17.7 Å². The van der Waals surface area contributed by atoms with Gasteiger partial charge < -0.3 is 0 Å². The minimum Gasteiger partial charge on any atom is -0.277 e. The second-order valence-corrected chi connectivity index (χ2v) is 5.89. The minimum atomic E-state index is -3.97. The van der Waals surface area contributed by atoms with Crippen LogP contribution in [0.2, 0.25) is 5.15 Å². The van der Waals surface area contributed by atoms with E-state index in [2.05, 4.69) is 9.71 Å². The average molecular weight is 301 g/mol. The Bertz CT molecular complexity index is 719. The van der Waals surface area contributed by atoms with Gasteiger partial charge in [-0.25, -0.2) is 17.8 Å². The minimum absolute atomic E-state index is 0.125. The number of rotatable bonds is 3. The number of halogens is 2. The molecule has 2 aromatic rings. The van der Waals surface area contributed by atoms with Crippen LogP contribution in [0, 0.1) is 12.7 Å². The van der Waals surface area contributed by atoms with Crippen LogP contribution in [-0.2, 0) is 10.0 Å². The molecule has 4 nitrogen and oxygen atoms in total. The van der Waals surface area contributed by atoms with Crippen molar-refractivity contribution >= 4 is 27.3 Å². The van der Waals surface area contributed by atoms with Crippen molar-refractivity contribution in [3.63, 3.8) is 0 Å². The lowest BCUT2D eigenvalue weighted by molar-refractivity contribution is 0.598. The van der Waals surface area contributed by atoms with Gasteiger partial charge in [-0.2, -0.15) is 0 Å². The van der Waals surface area contributed by atoms with E-state index in [1.54, 1.807) is 13.0 Å². The van der Waals surface area contributed by atoms with Crippen LogP contribution in [0.3, 0.4) is 0 Å². The summed E-state index contributed by atoms with van der Waals surface area (Å²) < 4.78 is 39.9. The van der Waals surface area contributed by atoms with Gasteiger partial charge in [0, 0.05) is 6.20 Å². The third kappa shape index (κ3) is 3.02. The molecule has 0 aliphatic heterocycles. The van der Waals surface area contributed by atoms with Crippen molar-refractivity contribution in [3.8, 4) is 0 Å². The SMILES string of the molecule is Cc1ccc(F)c(NS(=O)(=O)c2cccnc2Cl)c1. The number of aromatic nitrogens is 1. The molecule has 0 bridgehead atoms. The molecule has 0 radical (unpaired) electrons. The van der Waals surface area contributed by atoms with E-state index in [1.807, 2.05) is 0 Å². The van der Waals surface area contributed by atoms with Crippen LogP contribution in [0.5, 0.6) is 0 Å². The maximum Gasteiger partial charge on any atom is 0.265 e. The topological polar surface area (TPSA) is 59.1 Å². The van der Waals surface area contributed by atoms with Gasteiger partial charge in [0.05, 0.1) is 5.69 Å². The quantitative estimate of drug-likeness (QED) is 0.887. The van der Waals surface area contributed by atoms with Crippen LogP contribution in [0.25, 0.3) is 0 Å². The zero-order chi connectivity index (χ0) is 14.0. The molecule has 100 valence electrons. The fourth-order valence-corrected chi connectivity index (χ4v) is 3.00. The van der Waals surface area contributed by atoms with Gasteiger partial charge in [0.1, 0.15) is 15.9 Å². The van der Waals surface area contributed by atoms with Crippen molar-refractivity contribution in [2.75, 3.05) is 4.72 Å². The number of pyridine rings is 1. The van der Waals surface area contributed by atoms with Gasteiger partial charge >= 0.3 is 0 Å².